The van der Waals surface area contributed by atoms with E-state index in [2.05, 4.69) is 213 Å². The molecule has 0 amide bonds. The lowest BCUT2D eigenvalue weighted by Crippen LogP contribution is -2.21. The van der Waals surface area contributed by atoms with Crippen LogP contribution in [-0.4, -0.2) is 17.9 Å². The Bertz CT molecular complexity index is 3730. The fraction of sp³-hybridized carbons (Fsp3) is 0. The number of hydrogen-bond acceptors (Lipinski definition) is 2. The lowest BCUT2D eigenvalue weighted by molar-refractivity contribution is 0.683. The number of benzene rings is 9. The fourth-order valence-corrected chi connectivity index (χ4v) is 11.5. The molecule has 1 aliphatic rings. The van der Waals surface area contributed by atoms with Crippen LogP contribution in [0.2, 0.25) is 0 Å². The zero-order chi connectivity index (χ0) is 39.5. The minimum atomic E-state index is -1.54. The smallest absolute Gasteiger partial charge is 0.0900 e. The van der Waals surface area contributed by atoms with Gasteiger partial charge in [-0.3, -0.25) is 0 Å². The van der Waals surface area contributed by atoms with Crippen molar-refractivity contribution in [1.29, 1.82) is 0 Å². The Morgan fingerprint density at radius 3 is 1.45 bits per heavy atom. The molecule has 0 radical (unpaired) electrons. The lowest BCUT2D eigenvalue weighted by atomic mass is 10.0. The van der Waals surface area contributed by atoms with Gasteiger partial charge < -0.3 is 18.6 Å². The highest BCUT2D eigenvalue weighted by Crippen LogP contribution is 2.57. The number of rotatable bonds is 4. The molecule has 1 aliphatic heterocycles. The summed E-state index contributed by atoms with van der Waals surface area (Å²) in [4.78, 5) is 4.00. The molecule has 13 rings (SSSR count). The van der Waals surface area contributed by atoms with E-state index in [1.165, 1.54) is 5.39 Å². The molecule has 12 aromatic rings. The number of aromatic nitrogens is 3. The van der Waals surface area contributed by atoms with E-state index in [1.807, 2.05) is 12.1 Å². The highest BCUT2D eigenvalue weighted by Gasteiger charge is 2.38. The van der Waals surface area contributed by atoms with Crippen LogP contribution in [0.3, 0.4) is 0 Å². The summed E-state index contributed by atoms with van der Waals surface area (Å²) in [5.74, 6) is 0. The van der Waals surface area contributed by atoms with Crippen molar-refractivity contribution < 1.29 is 4.21 Å². The maximum atomic E-state index is 15.8. The van der Waals surface area contributed by atoms with Crippen LogP contribution in [-0.2, 0) is 10.8 Å². The highest BCUT2D eigenvalue weighted by atomic mass is 32.2. The van der Waals surface area contributed by atoms with E-state index >= 15 is 4.21 Å². The number of hydrogen-bond donors (Lipinski definition) is 0. The monoisotopic (exact) mass is 786 g/mol. The van der Waals surface area contributed by atoms with Crippen molar-refractivity contribution in [3.8, 4) is 17.1 Å². The topological polar surface area (TPSA) is 35.1 Å². The van der Waals surface area contributed by atoms with Crippen LogP contribution in [0.15, 0.2) is 216 Å². The van der Waals surface area contributed by atoms with Gasteiger partial charge in [-0.1, -0.05) is 121 Å². The third kappa shape index (κ3) is 4.48. The molecule has 1 unspecified atom stereocenters. The van der Waals surface area contributed by atoms with E-state index in [0.717, 1.165) is 104 Å². The average Bonchev–Trinajstić information content (AvgIpc) is 3.96. The predicted molar refractivity (Wildman–Crippen MR) is 249 cm³/mol. The Morgan fingerprint density at radius 2 is 0.817 bits per heavy atom. The molecule has 3 aromatic heterocycles. The van der Waals surface area contributed by atoms with Gasteiger partial charge in [0.05, 0.1) is 65.1 Å². The molecule has 1 atom stereocenters. The Kier molecular flexibility index (Phi) is 7.03. The third-order valence-electron chi connectivity index (χ3n) is 12.3. The Morgan fingerprint density at radius 1 is 0.350 bits per heavy atom. The molecule has 0 bridgehead atoms. The zero-order valence-corrected chi connectivity index (χ0v) is 33.1. The summed E-state index contributed by atoms with van der Waals surface area (Å²) < 4.78 is 22.9. The Hall–Kier alpha value is -7.67. The number of anilines is 3. The standard InChI is InChI=1S/C54H34N4OS/c59-60-48-31-17-16-30-47(48)58(38-32-33-46-42(34-38)39-24-10-13-27-43(39)55(46)35-18-4-1-5-19-35)53-52-49(40-25-11-14-28-44(40)57(52)37-22-8-3-9-23-37)51-50(54(53)60)41-26-12-15-29-45(41)56(51)36-20-6-2-7-21-36/h1-34H. The summed E-state index contributed by atoms with van der Waals surface area (Å²) in [7, 11) is -1.54. The number of para-hydroxylation sites is 7. The van der Waals surface area contributed by atoms with Gasteiger partial charge in [-0.15, -0.1) is 0 Å². The van der Waals surface area contributed by atoms with Gasteiger partial charge in [0.25, 0.3) is 0 Å². The first-order valence-electron chi connectivity index (χ1n) is 20.3. The molecule has 6 heteroatoms. The van der Waals surface area contributed by atoms with Crippen LogP contribution in [0.4, 0.5) is 17.1 Å². The van der Waals surface area contributed by atoms with Gasteiger partial charge in [0, 0.05) is 55.1 Å². The van der Waals surface area contributed by atoms with Crippen molar-refractivity contribution in [1.82, 2.24) is 13.7 Å². The SMILES string of the molecule is O=S1c2ccccc2N(c2ccc3c(c2)c2ccccc2n3-c2ccccc2)c2c1c1c3ccccc3n(-c3ccccc3)c1c1c3ccccc3n(-c3ccccc3)c21. The van der Waals surface area contributed by atoms with Crippen LogP contribution in [0.5, 0.6) is 0 Å². The van der Waals surface area contributed by atoms with Gasteiger partial charge >= 0.3 is 0 Å². The van der Waals surface area contributed by atoms with E-state index < -0.39 is 10.8 Å². The summed E-state index contributed by atoms with van der Waals surface area (Å²) in [5, 5.41) is 6.66. The first-order valence-corrected chi connectivity index (χ1v) is 21.4. The molecule has 0 saturated heterocycles. The molecule has 9 aromatic carbocycles. The van der Waals surface area contributed by atoms with Crippen LogP contribution >= 0.6 is 0 Å². The molecule has 4 heterocycles. The van der Waals surface area contributed by atoms with Gasteiger partial charge in [-0.05, 0) is 84.9 Å². The van der Waals surface area contributed by atoms with Crippen LogP contribution in [0.25, 0.3) is 82.5 Å². The molecule has 0 fully saturated rings. The first kappa shape index (κ1) is 33.3. The summed E-state index contributed by atoms with van der Waals surface area (Å²) in [6, 6.07) is 72.9. The van der Waals surface area contributed by atoms with Crippen molar-refractivity contribution in [3.63, 3.8) is 0 Å². The largest absolute Gasteiger partial charge is 0.309 e. The van der Waals surface area contributed by atoms with Crippen molar-refractivity contribution in [3.05, 3.63) is 206 Å². The molecule has 0 N–H and O–H groups in total. The van der Waals surface area contributed by atoms with Crippen molar-refractivity contribution in [2.24, 2.45) is 0 Å². The van der Waals surface area contributed by atoms with E-state index in [1.54, 1.807) is 0 Å². The maximum Gasteiger partial charge on any atom is 0.0900 e. The summed E-state index contributed by atoms with van der Waals surface area (Å²) in [5.41, 5.74) is 12.6. The highest BCUT2D eigenvalue weighted by molar-refractivity contribution is 7.85. The second-order valence-corrected chi connectivity index (χ2v) is 16.8. The van der Waals surface area contributed by atoms with E-state index in [-0.39, 0.29) is 0 Å². The average molecular weight is 787 g/mol. The summed E-state index contributed by atoms with van der Waals surface area (Å²) in [6.07, 6.45) is 0. The molecule has 5 nitrogen and oxygen atoms in total. The molecular weight excluding hydrogens is 753 g/mol. The van der Waals surface area contributed by atoms with Gasteiger partial charge in [0.1, 0.15) is 0 Å². The van der Waals surface area contributed by atoms with Crippen molar-refractivity contribution in [2.75, 3.05) is 4.90 Å². The maximum absolute atomic E-state index is 15.8. The van der Waals surface area contributed by atoms with Crippen LogP contribution in [0.1, 0.15) is 0 Å². The minimum Gasteiger partial charge on any atom is -0.309 e. The van der Waals surface area contributed by atoms with E-state index in [0.29, 0.717) is 0 Å². The molecule has 0 spiro atoms. The van der Waals surface area contributed by atoms with Crippen LogP contribution < -0.4 is 4.90 Å². The second-order valence-electron chi connectivity index (χ2n) is 15.5. The lowest BCUT2D eigenvalue weighted by Gasteiger charge is -2.34. The van der Waals surface area contributed by atoms with Crippen LogP contribution in [0, 0.1) is 0 Å². The summed E-state index contributed by atoms with van der Waals surface area (Å²) in [6.45, 7) is 0. The second kappa shape index (κ2) is 12.7. The zero-order valence-electron chi connectivity index (χ0n) is 32.2. The van der Waals surface area contributed by atoms with E-state index in [4.69, 9.17) is 0 Å². The summed E-state index contributed by atoms with van der Waals surface area (Å²) >= 11 is 0. The fourth-order valence-electron chi connectivity index (χ4n) is 9.97. The predicted octanol–water partition coefficient (Wildman–Crippen LogP) is 13.9. The Balaban J connectivity index is 1.26. The third-order valence-corrected chi connectivity index (χ3v) is 13.8. The number of fused-ring (bicyclic) bond motifs is 14. The van der Waals surface area contributed by atoms with E-state index in [9.17, 15) is 0 Å². The van der Waals surface area contributed by atoms with Gasteiger partial charge in [-0.2, -0.15) is 0 Å². The molecular formula is C54H34N4OS. The quantitative estimate of drug-likeness (QED) is 0.178. The van der Waals surface area contributed by atoms with Gasteiger partial charge in [-0.25, -0.2) is 4.21 Å². The van der Waals surface area contributed by atoms with Crippen molar-refractivity contribution >= 4 is 93.3 Å². The normalized spacial score (nSPS) is 13.9. The first-order chi connectivity index (χ1) is 29.8. The molecule has 0 aliphatic carbocycles. The molecule has 60 heavy (non-hydrogen) atoms. The molecule has 0 saturated carbocycles. The molecule has 282 valence electrons. The number of nitrogens with zero attached hydrogens (tertiary/aromatic N) is 4. The minimum absolute atomic E-state index is 0.788. The van der Waals surface area contributed by atoms with Gasteiger partial charge in [0.15, 0.2) is 0 Å². The van der Waals surface area contributed by atoms with Gasteiger partial charge in [0.2, 0.25) is 0 Å². The Labute approximate surface area is 347 Å². The van der Waals surface area contributed by atoms with Crippen molar-refractivity contribution in [2.45, 2.75) is 9.79 Å².